The smallest absolute Gasteiger partial charge is 0.213 e. The second kappa shape index (κ2) is 2.87. The number of aliphatic imine (C=N–C) groups is 1. The average Bonchev–Trinajstić information content (AvgIpc) is 2.47. The van der Waals surface area contributed by atoms with Gasteiger partial charge in [0.1, 0.15) is 11.5 Å². The van der Waals surface area contributed by atoms with E-state index in [4.69, 9.17) is 5.73 Å². The normalized spacial score (nSPS) is 15.1. The Bertz CT molecular complexity index is 413. The predicted octanol–water partition coefficient (Wildman–Crippen LogP) is 0.849. The molecule has 74 valence electrons. The summed E-state index contributed by atoms with van der Waals surface area (Å²) in [6.45, 7) is 7.95. The molecule has 0 radical (unpaired) electrons. The van der Waals surface area contributed by atoms with Crippen LogP contribution in [0.3, 0.4) is 0 Å². The van der Waals surface area contributed by atoms with Crippen molar-refractivity contribution in [1.82, 2.24) is 9.66 Å². The molecule has 0 unspecified atom stereocenters. The summed E-state index contributed by atoms with van der Waals surface area (Å²) in [5.74, 6) is 1.61. The lowest BCUT2D eigenvalue weighted by Crippen LogP contribution is -2.35. The molecule has 0 fully saturated rings. The zero-order chi connectivity index (χ0) is 10.3. The molecule has 0 bridgehead atoms. The minimum Gasteiger partial charge on any atom is -0.368 e. The molecule has 2 rings (SSSR count). The molecule has 0 aromatic carbocycles. The van der Waals surface area contributed by atoms with E-state index in [-0.39, 0.29) is 0 Å². The highest BCUT2D eigenvalue weighted by Gasteiger charge is 2.18. The van der Waals surface area contributed by atoms with Crippen LogP contribution in [0.15, 0.2) is 17.8 Å². The van der Waals surface area contributed by atoms with Gasteiger partial charge in [0, 0.05) is 5.92 Å². The lowest BCUT2D eigenvalue weighted by Gasteiger charge is -2.19. The van der Waals surface area contributed by atoms with Crippen molar-refractivity contribution in [3.63, 3.8) is 0 Å². The fourth-order valence-corrected chi connectivity index (χ4v) is 1.44. The predicted molar refractivity (Wildman–Crippen MR) is 56.3 cm³/mol. The van der Waals surface area contributed by atoms with Gasteiger partial charge in [0.2, 0.25) is 5.96 Å². The standard InChI is InChI=1S/C9H13N5/c1-5(2)8-11-4-7-6(3)12-9(10)13-14(7)8/h4-5H,3H2,1-2H3,(H3,10,12,13). The van der Waals surface area contributed by atoms with Crippen LogP contribution in [0.2, 0.25) is 0 Å². The Kier molecular flexibility index (Phi) is 1.80. The van der Waals surface area contributed by atoms with Gasteiger partial charge in [-0.2, -0.15) is 0 Å². The molecule has 1 aliphatic heterocycles. The van der Waals surface area contributed by atoms with Crippen LogP contribution < -0.4 is 11.2 Å². The first-order chi connectivity index (χ1) is 6.59. The van der Waals surface area contributed by atoms with Gasteiger partial charge in [-0.25, -0.2) is 14.7 Å². The molecule has 0 spiro atoms. The number of rotatable bonds is 1. The Morgan fingerprint density at radius 2 is 2.29 bits per heavy atom. The van der Waals surface area contributed by atoms with Gasteiger partial charge in [-0.15, -0.1) is 0 Å². The summed E-state index contributed by atoms with van der Waals surface area (Å²) >= 11 is 0. The van der Waals surface area contributed by atoms with E-state index in [1.807, 2.05) is 4.68 Å². The van der Waals surface area contributed by atoms with Gasteiger partial charge in [-0.3, -0.25) is 5.43 Å². The molecule has 1 aliphatic rings. The van der Waals surface area contributed by atoms with Crippen LogP contribution in [0.1, 0.15) is 31.3 Å². The first kappa shape index (κ1) is 8.80. The van der Waals surface area contributed by atoms with Crippen LogP contribution >= 0.6 is 0 Å². The average molecular weight is 191 g/mol. The maximum Gasteiger partial charge on any atom is 0.213 e. The van der Waals surface area contributed by atoms with Crippen molar-refractivity contribution >= 4 is 11.7 Å². The molecule has 1 aromatic rings. The molecule has 0 saturated carbocycles. The molecular formula is C9H13N5. The van der Waals surface area contributed by atoms with E-state index in [1.165, 1.54) is 0 Å². The van der Waals surface area contributed by atoms with Crippen LogP contribution in [0.25, 0.3) is 5.70 Å². The van der Waals surface area contributed by atoms with Gasteiger partial charge in [0.05, 0.1) is 11.9 Å². The fourth-order valence-electron chi connectivity index (χ4n) is 1.44. The first-order valence-corrected chi connectivity index (χ1v) is 4.47. The number of hydrogen-bond acceptors (Lipinski definition) is 4. The highest BCUT2D eigenvalue weighted by molar-refractivity contribution is 5.92. The molecule has 14 heavy (non-hydrogen) atoms. The topological polar surface area (TPSA) is 68.2 Å². The number of fused-ring (bicyclic) bond motifs is 1. The van der Waals surface area contributed by atoms with Crippen molar-refractivity contribution in [2.45, 2.75) is 19.8 Å². The monoisotopic (exact) mass is 191 g/mol. The zero-order valence-corrected chi connectivity index (χ0v) is 8.28. The molecule has 1 aromatic heterocycles. The van der Waals surface area contributed by atoms with Crippen molar-refractivity contribution in [2.24, 2.45) is 10.7 Å². The highest BCUT2D eigenvalue weighted by Crippen LogP contribution is 2.21. The van der Waals surface area contributed by atoms with E-state index in [0.717, 1.165) is 11.5 Å². The summed E-state index contributed by atoms with van der Waals surface area (Å²) in [6.07, 6.45) is 1.75. The lowest BCUT2D eigenvalue weighted by molar-refractivity contribution is 0.723. The molecule has 5 nitrogen and oxygen atoms in total. The van der Waals surface area contributed by atoms with E-state index in [9.17, 15) is 0 Å². The number of aromatic nitrogens is 2. The van der Waals surface area contributed by atoms with Crippen molar-refractivity contribution in [2.75, 3.05) is 5.43 Å². The molecule has 0 atom stereocenters. The van der Waals surface area contributed by atoms with Gasteiger partial charge in [0.25, 0.3) is 0 Å². The van der Waals surface area contributed by atoms with Gasteiger partial charge >= 0.3 is 0 Å². The third kappa shape index (κ3) is 1.17. The summed E-state index contributed by atoms with van der Waals surface area (Å²) < 4.78 is 1.83. The quantitative estimate of drug-likeness (QED) is 0.691. The Morgan fingerprint density at radius 1 is 1.57 bits per heavy atom. The lowest BCUT2D eigenvalue weighted by atomic mass is 10.2. The largest absolute Gasteiger partial charge is 0.368 e. The number of imidazole rings is 1. The highest BCUT2D eigenvalue weighted by atomic mass is 15.5. The molecule has 0 saturated heterocycles. The van der Waals surface area contributed by atoms with Gasteiger partial charge in [-0.05, 0) is 0 Å². The minimum absolute atomic E-state index is 0.329. The van der Waals surface area contributed by atoms with E-state index < -0.39 is 0 Å². The van der Waals surface area contributed by atoms with Gasteiger partial charge in [-0.1, -0.05) is 20.4 Å². The maximum atomic E-state index is 5.60. The second-order valence-electron chi connectivity index (χ2n) is 3.55. The van der Waals surface area contributed by atoms with Crippen molar-refractivity contribution in [3.8, 4) is 0 Å². The fraction of sp³-hybridized carbons (Fsp3) is 0.333. The summed E-state index contributed by atoms with van der Waals surface area (Å²) in [6, 6.07) is 0. The minimum atomic E-state index is 0.329. The number of hydrogen-bond donors (Lipinski definition) is 2. The van der Waals surface area contributed by atoms with Crippen molar-refractivity contribution in [1.29, 1.82) is 0 Å². The second-order valence-corrected chi connectivity index (χ2v) is 3.55. The van der Waals surface area contributed by atoms with E-state index in [1.54, 1.807) is 6.20 Å². The maximum absolute atomic E-state index is 5.60. The van der Waals surface area contributed by atoms with Crippen LogP contribution in [-0.4, -0.2) is 15.6 Å². The van der Waals surface area contributed by atoms with Crippen LogP contribution in [0.5, 0.6) is 0 Å². The zero-order valence-electron chi connectivity index (χ0n) is 8.28. The van der Waals surface area contributed by atoms with Crippen molar-refractivity contribution < 1.29 is 0 Å². The molecule has 2 heterocycles. The van der Waals surface area contributed by atoms with E-state index in [0.29, 0.717) is 17.6 Å². The Hall–Kier alpha value is -1.78. The van der Waals surface area contributed by atoms with Crippen molar-refractivity contribution in [3.05, 3.63) is 24.3 Å². The molecule has 0 amide bonds. The third-order valence-electron chi connectivity index (χ3n) is 2.08. The van der Waals surface area contributed by atoms with Gasteiger partial charge in [0.15, 0.2) is 0 Å². The number of nitrogens with one attached hydrogen (secondary N) is 1. The SMILES string of the molecule is C=C1N=C(N)Nn2c1cnc2C(C)C. The summed E-state index contributed by atoms with van der Waals surface area (Å²) in [7, 11) is 0. The molecule has 3 N–H and O–H groups in total. The van der Waals surface area contributed by atoms with Crippen LogP contribution in [-0.2, 0) is 0 Å². The van der Waals surface area contributed by atoms with Crippen LogP contribution in [0.4, 0.5) is 0 Å². The Labute approximate surface area is 82.3 Å². The molecular weight excluding hydrogens is 178 g/mol. The summed E-state index contributed by atoms with van der Waals surface area (Å²) in [5, 5.41) is 0. The summed E-state index contributed by atoms with van der Waals surface area (Å²) in [5.41, 5.74) is 10.0. The van der Waals surface area contributed by atoms with Crippen LogP contribution in [0, 0.1) is 0 Å². The third-order valence-corrected chi connectivity index (χ3v) is 2.08. The van der Waals surface area contributed by atoms with Gasteiger partial charge < -0.3 is 5.73 Å². The number of nitrogens with zero attached hydrogens (tertiary/aromatic N) is 3. The van der Waals surface area contributed by atoms with E-state index >= 15 is 0 Å². The number of nitrogens with two attached hydrogens (primary N) is 1. The summed E-state index contributed by atoms with van der Waals surface area (Å²) in [4.78, 5) is 8.32. The molecule has 0 aliphatic carbocycles. The Balaban J connectivity index is 2.52. The molecule has 5 heteroatoms. The first-order valence-electron chi connectivity index (χ1n) is 4.47. The Morgan fingerprint density at radius 3 is 2.93 bits per heavy atom. The number of guanidine groups is 1. The van der Waals surface area contributed by atoms with E-state index in [2.05, 4.69) is 35.8 Å².